The zero-order chi connectivity index (χ0) is 15.7. The first-order valence-corrected chi connectivity index (χ1v) is 8.22. The Morgan fingerprint density at radius 3 is 2.52 bits per heavy atom. The molecule has 21 heavy (non-hydrogen) atoms. The number of nitrogens with zero attached hydrogens (tertiary/aromatic N) is 1. The van der Waals surface area contributed by atoms with Gasteiger partial charge >= 0.3 is 0 Å². The first-order chi connectivity index (χ1) is 10.0. The molecular weight excluding hydrogens is 260 g/mol. The van der Waals surface area contributed by atoms with Crippen LogP contribution >= 0.6 is 0 Å². The standard InChI is InChI=1S/C18H32N2O/c1-6-10-20(16(4)5)11-12-21-18-9-7-8-17(13-18)14-19-15(2)3/h7-9,13,15-16,19H,6,10-12,14H2,1-5H3. The van der Waals surface area contributed by atoms with Gasteiger partial charge in [0, 0.05) is 25.2 Å². The third-order valence-corrected chi connectivity index (χ3v) is 3.50. The molecule has 1 aromatic rings. The monoisotopic (exact) mass is 292 g/mol. The van der Waals surface area contributed by atoms with E-state index in [2.05, 4.69) is 63.0 Å². The summed E-state index contributed by atoms with van der Waals surface area (Å²) in [7, 11) is 0. The molecule has 0 spiro atoms. The van der Waals surface area contributed by atoms with Crippen LogP contribution < -0.4 is 10.1 Å². The summed E-state index contributed by atoms with van der Waals surface area (Å²) >= 11 is 0. The van der Waals surface area contributed by atoms with E-state index in [1.54, 1.807) is 0 Å². The van der Waals surface area contributed by atoms with Crippen LogP contribution in [0.3, 0.4) is 0 Å². The van der Waals surface area contributed by atoms with Crippen LogP contribution in [0.4, 0.5) is 0 Å². The maximum absolute atomic E-state index is 5.91. The van der Waals surface area contributed by atoms with Crippen molar-refractivity contribution >= 4 is 0 Å². The number of rotatable bonds is 10. The molecule has 1 rings (SSSR count). The van der Waals surface area contributed by atoms with Crippen LogP contribution in [0.2, 0.25) is 0 Å². The highest BCUT2D eigenvalue weighted by Gasteiger charge is 2.08. The molecule has 0 aliphatic heterocycles. The van der Waals surface area contributed by atoms with Crippen molar-refractivity contribution in [3.63, 3.8) is 0 Å². The van der Waals surface area contributed by atoms with Crippen molar-refractivity contribution in [3.05, 3.63) is 29.8 Å². The highest BCUT2D eigenvalue weighted by Crippen LogP contribution is 2.13. The van der Waals surface area contributed by atoms with E-state index >= 15 is 0 Å². The van der Waals surface area contributed by atoms with Crippen LogP contribution in [0, 0.1) is 0 Å². The molecule has 0 saturated carbocycles. The summed E-state index contributed by atoms with van der Waals surface area (Å²) in [4.78, 5) is 2.46. The SMILES string of the molecule is CCCN(CCOc1cccc(CNC(C)C)c1)C(C)C. The van der Waals surface area contributed by atoms with E-state index < -0.39 is 0 Å². The fourth-order valence-corrected chi connectivity index (χ4v) is 2.26. The van der Waals surface area contributed by atoms with Gasteiger partial charge in [-0.25, -0.2) is 0 Å². The lowest BCUT2D eigenvalue weighted by Crippen LogP contribution is -2.35. The van der Waals surface area contributed by atoms with Crippen molar-refractivity contribution < 1.29 is 4.74 Å². The van der Waals surface area contributed by atoms with Crippen LogP contribution in [0.25, 0.3) is 0 Å². The lowest BCUT2D eigenvalue weighted by Gasteiger charge is -2.25. The van der Waals surface area contributed by atoms with Crippen molar-refractivity contribution in [3.8, 4) is 5.75 Å². The summed E-state index contributed by atoms with van der Waals surface area (Å²) in [6.45, 7) is 14.8. The van der Waals surface area contributed by atoms with Gasteiger partial charge < -0.3 is 10.1 Å². The van der Waals surface area contributed by atoms with Crippen LogP contribution in [0.5, 0.6) is 5.75 Å². The molecule has 0 aliphatic carbocycles. The number of hydrogen-bond acceptors (Lipinski definition) is 3. The summed E-state index contributed by atoms with van der Waals surface area (Å²) in [6.07, 6.45) is 1.19. The maximum Gasteiger partial charge on any atom is 0.119 e. The van der Waals surface area contributed by atoms with E-state index in [0.29, 0.717) is 12.1 Å². The minimum absolute atomic E-state index is 0.503. The van der Waals surface area contributed by atoms with Crippen molar-refractivity contribution in [1.29, 1.82) is 0 Å². The Labute approximate surface area is 130 Å². The second-order valence-corrected chi connectivity index (χ2v) is 6.16. The van der Waals surface area contributed by atoms with Gasteiger partial charge in [-0.15, -0.1) is 0 Å². The Bertz CT molecular complexity index is 391. The number of hydrogen-bond donors (Lipinski definition) is 1. The molecule has 120 valence electrons. The zero-order valence-corrected chi connectivity index (χ0v) is 14.4. The molecule has 1 aromatic carbocycles. The molecule has 1 N–H and O–H groups in total. The first kappa shape index (κ1) is 18.0. The fourth-order valence-electron chi connectivity index (χ4n) is 2.26. The van der Waals surface area contributed by atoms with Gasteiger partial charge in [0.15, 0.2) is 0 Å². The van der Waals surface area contributed by atoms with E-state index in [-0.39, 0.29) is 0 Å². The van der Waals surface area contributed by atoms with Crippen LogP contribution in [-0.4, -0.2) is 36.7 Å². The van der Waals surface area contributed by atoms with Gasteiger partial charge in [0.05, 0.1) is 0 Å². The first-order valence-electron chi connectivity index (χ1n) is 8.22. The van der Waals surface area contributed by atoms with Crippen molar-refractivity contribution in [2.75, 3.05) is 19.7 Å². The Morgan fingerprint density at radius 2 is 1.90 bits per heavy atom. The molecule has 0 atom stereocenters. The highest BCUT2D eigenvalue weighted by molar-refractivity contribution is 5.28. The van der Waals surface area contributed by atoms with Crippen molar-refractivity contribution in [2.24, 2.45) is 0 Å². The molecule has 0 bridgehead atoms. The summed E-state index contributed by atoms with van der Waals surface area (Å²) < 4.78 is 5.91. The number of ether oxygens (including phenoxy) is 1. The zero-order valence-electron chi connectivity index (χ0n) is 14.4. The Hall–Kier alpha value is -1.06. The fraction of sp³-hybridized carbons (Fsp3) is 0.667. The second kappa shape index (κ2) is 9.80. The molecule has 0 unspecified atom stereocenters. The molecule has 0 heterocycles. The Morgan fingerprint density at radius 1 is 1.14 bits per heavy atom. The van der Waals surface area contributed by atoms with E-state index in [0.717, 1.165) is 32.0 Å². The lowest BCUT2D eigenvalue weighted by molar-refractivity contribution is 0.176. The predicted octanol–water partition coefficient (Wildman–Crippen LogP) is 3.68. The van der Waals surface area contributed by atoms with E-state index in [1.165, 1.54) is 12.0 Å². The molecular formula is C18H32N2O. The summed E-state index contributed by atoms with van der Waals surface area (Å²) in [5.74, 6) is 0.971. The topological polar surface area (TPSA) is 24.5 Å². The molecule has 0 saturated heterocycles. The van der Waals surface area contributed by atoms with Gasteiger partial charge in [-0.3, -0.25) is 4.90 Å². The maximum atomic E-state index is 5.91. The quantitative estimate of drug-likeness (QED) is 0.712. The largest absolute Gasteiger partial charge is 0.492 e. The lowest BCUT2D eigenvalue weighted by atomic mass is 10.2. The molecule has 0 radical (unpaired) electrons. The van der Waals surface area contributed by atoms with E-state index in [4.69, 9.17) is 4.74 Å². The second-order valence-electron chi connectivity index (χ2n) is 6.16. The summed E-state index contributed by atoms with van der Waals surface area (Å²) in [5.41, 5.74) is 1.27. The van der Waals surface area contributed by atoms with Crippen LogP contribution in [0.1, 0.15) is 46.6 Å². The Kier molecular flexibility index (Phi) is 8.40. The predicted molar refractivity (Wildman–Crippen MR) is 90.9 cm³/mol. The Balaban J connectivity index is 2.42. The van der Waals surface area contributed by atoms with Gasteiger partial charge in [0.2, 0.25) is 0 Å². The summed E-state index contributed by atoms with van der Waals surface area (Å²) in [6, 6.07) is 9.46. The summed E-state index contributed by atoms with van der Waals surface area (Å²) in [5, 5.41) is 3.43. The number of nitrogens with one attached hydrogen (secondary N) is 1. The highest BCUT2D eigenvalue weighted by atomic mass is 16.5. The van der Waals surface area contributed by atoms with E-state index in [9.17, 15) is 0 Å². The molecule has 0 aromatic heterocycles. The minimum atomic E-state index is 0.503. The van der Waals surface area contributed by atoms with Crippen LogP contribution in [-0.2, 0) is 6.54 Å². The normalized spacial score (nSPS) is 11.6. The van der Waals surface area contributed by atoms with Crippen molar-refractivity contribution in [1.82, 2.24) is 10.2 Å². The molecule has 0 aliphatic rings. The van der Waals surface area contributed by atoms with Gasteiger partial charge in [0.25, 0.3) is 0 Å². The van der Waals surface area contributed by atoms with Gasteiger partial charge in [-0.05, 0) is 44.5 Å². The van der Waals surface area contributed by atoms with E-state index in [1.807, 2.05) is 6.07 Å². The molecule has 0 fully saturated rings. The minimum Gasteiger partial charge on any atom is -0.492 e. The van der Waals surface area contributed by atoms with Gasteiger partial charge in [-0.1, -0.05) is 32.9 Å². The number of benzene rings is 1. The van der Waals surface area contributed by atoms with Crippen molar-refractivity contribution in [2.45, 2.75) is 59.7 Å². The average Bonchev–Trinajstić information content (AvgIpc) is 2.44. The average molecular weight is 292 g/mol. The van der Waals surface area contributed by atoms with Gasteiger partial charge in [0.1, 0.15) is 12.4 Å². The van der Waals surface area contributed by atoms with Crippen LogP contribution in [0.15, 0.2) is 24.3 Å². The molecule has 0 amide bonds. The molecule has 3 nitrogen and oxygen atoms in total. The smallest absolute Gasteiger partial charge is 0.119 e. The molecule has 3 heteroatoms. The third kappa shape index (κ3) is 7.49. The third-order valence-electron chi connectivity index (χ3n) is 3.50. The van der Waals surface area contributed by atoms with Gasteiger partial charge in [-0.2, -0.15) is 0 Å².